The van der Waals surface area contributed by atoms with E-state index in [1.807, 2.05) is 55.5 Å². The Balaban J connectivity index is 1.87. The molecule has 41 heavy (non-hydrogen) atoms. The topological polar surface area (TPSA) is 110 Å². The Hall–Kier alpha value is -3.01. The Morgan fingerprint density at radius 3 is 2.39 bits per heavy atom. The summed E-state index contributed by atoms with van der Waals surface area (Å²) in [5.74, 6) is -2.20. The fraction of sp³-hybridized carbons (Fsp3) is 0.375. The van der Waals surface area contributed by atoms with E-state index in [1.165, 1.54) is 5.56 Å². The fourth-order valence-electron chi connectivity index (χ4n) is 4.62. The monoisotopic (exact) mass is 643 g/mol. The maximum Gasteiger partial charge on any atom is 0.326 e. The van der Waals surface area contributed by atoms with Crippen molar-refractivity contribution < 1.29 is 27.9 Å². The Morgan fingerprint density at radius 1 is 0.976 bits per heavy atom. The second-order valence-electron chi connectivity index (χ2n) is 10.4. The molecule has 2 N–H and O–H groups in total. The number of amides is 1. The van der Waals surface area contributed by atoms with E-state index in [-0.39, 0.29) is 18.3 Å². The van der Waals surface area contributed by atoms with E-state index < -0.39 is 27.8 Å². The number of unbranched alkanes of at least 4 members (excludes halogenated alkanes) is 1. The van der Waals surface area contributed by atoms with Crippen LogP contribution < -0.4 is 5.32 Å². The lowest BCUT2D eigenvalue weighted by atomic mass is 9.93. The van der Waals surface area contributed by atoms with Gasteiger partial charge in [0, 0.05) is 16.3 Å². The highest BCUT2D eigenvalue weighted by atomic mass is 79.9. The minimum Gasteiger partial charge on any atom is -0.480 e. The maximum atomic E-state index is 13.4. The van der Waals surface area contributed by atoms with Crippen molar-refractivity contribution in [2.75, 3.05) is 12.0 Å². The summed E-state index contributed by atoms with van der Waals surface area (Å²) in [5, 5.41) is 12.1. The molecule has 3 aromatic carbocycles. The molecule has 0 aromatic heterocycles. The van der Waals surface area contributed by atoms with E-state index in [4.69, 9.17) is 4.74 Å². The second-order valence-corrected chi connectivity index (χ2v) is 13.6. The molecule has 0 bridgehead atoms. The van der Waals surface area contributed by atoms with Gasteiger partial charge in [-0.3, -0.25) is 4.79 Å². The summed E-state index contributed by atoms with van der Waals surface area (Å²) < 4.78 is 30.6. The quantitative estimate of drug-likeness (QED) is 0.199. The van der Waals surface area contributed by atoms with Crippen LogP contribution in [0.3, 0.4) is 0 Å². The number of carbonyl (C=O) groups is 2. The Morgan fingerprint density at radius 2 is 1.73 bits per heavy atom. The number of benzene rings is 3. The molecule has 3 aromatic rings. The van der Waals surface area contributed by atoms with Gasteiger partial charge in [-0.25, -0.2) is 13.2 Å². The molecule has 0 saturated heterocycles. The van der Waals surface area contributed by atoms with Crippen LogP contribution >= 0.6 is 15.9 Å². The molecular formula is C32H38BrNO6S. The van der Waals surface area contributed by atoms with Gasteiger partial charge in [0.2, 0.25) is 0 Å². The van der Waals surface area contributed by atoms with Gasteiger partial charge in [-0.15, -0.1) is 0 Å². The minimum atomic E-state index is -3.39. The van der Waals surface area contributed by atoms with Crippen molar-refractivity contribution in [3.63, 3.8) is 0 Å². The molecule has 9 heteroatoms. The number of aliphatic carboxylic acids is 1. The zero-order chi connectivity index (χ0) is 30.0. The molecule has 0 aliphatic carbocycles. The van der Waals surface area contributed by atoms with E-state index in [0.29, 0.717) is 17.7 Å². The van der Waals surface area contributed by atoms with Crippen molar-refractivity contribution in [2.45, 2.75) is 64.7 Å². The summed E-state index contributed by atoms with van der Waals surface area (Å²) in [5.41, 5.74) is 4.86. The molecule has 0 unspecified atom stereocenters. The van der Waals surface area contributed by atoms with Gasteiger partial charge in [-0.05, 0) is 78.3 Å². The third-order valence-corrected chi connectivity index (χ3v) is 8.33. The predicted molar refractivity (Wildman–Crippen MR) is 166 cm³/mol. The first-order valence-corrected chi connectivity index (χ1v) is 16.6. The van der Waals surface area contributed by atoms with Crippen LogP contribution in [-0.4, -0.2) is 49.6 Å². The zero-order valence-electron chi connectivity index (χ0n) is 23.7. The first kappa shape index (κ1) is 32.5. The van der Waals surface area contributed by atoms with Crippen molar-refractivity contribution in [2.24, 2.45) is 0 Å². The van der Waals surface area contributed by atoms with Crippen molar-refractivity contribution >= 4 is 37.6 Å². The molecule has 220 valence electrons. The Kier molecular flexibility index (Phi) is 12.1. The highest BCUT2D eigenvalue weighted by molar-refractivity contribution is 9.10. The number of hydrogen-bond donors (Lipinski definition) is 2. The van der Waals surface area contributed by atoms with Crippen LogP contribution in [0, 0.1) is 6.92 Å². The van der Waals surface area contributed by atoms with E-state index in [0.717, 1.165) is 53.1 Å². The highest BCUT2D eigenvalue weighted by Crippen LogP contribution is 2.29. The van der Waals surface area contributed by atoms with Gasteiger partial charge in [0.15, 0.2) is 0 Å². The van der Waals surface area contributed by atoms with E-state index in [1.54, 1.807) is 6.07 Å². The third kappa shape index (κ3) is 10.4. The number of sulfone groups is 1. The first-order valence-electron chi connectivity index (χ1n) is 13.7. The van der Waals surface area contributed by atoms with Crippen LogP contribution in [0.4, 0.5) is 0 Å². The molecule has 0 aliphatic heterocycles. The molecule has 0 fully saturated rings. The number of halogens is 1. The van der Waals surface area contributed by atoms with Gasteiger partial charge >= 0.3 is 5.97 Å². The van der Waals surface area contributed by atoms with Gasteiger partial charge in [0.1, 0.15) is 15.9 Å². The average molecular weight is 645 g/mol. The number of nitrogens with one attached hydrogen (secondary N) is 1. The van der Waals surface area contributed by atoms with Gasteiger partial charge in [0.05, 0.1) is 18.5 Å². The summed E-state index contributed by atoms with van der Waals surface area (Å²) >= 11 is 3.54. The van der Waals surface area contributed by atoms with Crippen molar-refractivity contribution in [3.8, 4) is 11.1 Å². The SMILES string of the molecule is CCCC[C@@H](Cc1cccc(Br)c1)OCc1ccc(C(=O)N[C@@H](CCS(C)(=O)=O)C(=O)O)c(-c2ccccc2C)c1. The van der Waals surface area contributed by atoms with E-state index in [2.05, 4.69) is 40.3 Å². The molecule has 7 nitrogen and oxygen atoms in total. The normalized spacial score (nSPS) is 13.0. The molecular weight excluding hydrogens is 606 g/mol. The minimum absolute atomic E-state index is 0.0281. The lowest BCUT2D eigenvalue weighted by molar-refractivity contribution is -0.139. The number of carboxylic acids is 1. The van der Waals surface area contributed by atoms with Crippen LogP contribution in [0.5, 0.6) is 0 Å². The Bertz CT molecular complexity index is 1460. The van der Waals surface area contributed by atoms with E-state index >= 15 is 0 Å². The molecule has 1 amide bonds. The summed E-state index contributed by atoms with van der Waals surface area (Å²) in [6.45, 7) is 4.46. The van der Waals surface area contributed by atoms with Gasteiger partial charge in [-0.2, -0.15) is 0 Å². The summed E-state index contributed by atoms with van der Waals surface area (Å²) in [6.07, 6.45) is 4.68. The number of aryl methyl sites for hydroxylation is 1. The molecule has 2 atom stereocenters. The Labute approximate surface area is 251 Å². The van der Waals surface area contributed by atoms with Crippen LogP contribution in [0.2, 0.25) is 0 Å². The fourth-order valence-corrected chi connectivity index (χ4v) is 5.73. The summed E-state index contributed by atoms with van der Waals surface area (Å²) in [7, 11) is -3.39. The second kappa shape index (κ2) is 15.3. The highest BCUT2D eigenvalue weighted by Gasteiger charge is 2.24. The largest absolute Gasteiger partial charge is 0.480 e. The van der Waals surface area contributed by atoms with Crippen LogP contribution in [-0.2, 0) is 32.4 Å². The smallest absolute Gasteiger partial charge is 0.326 e. The van der Waals surface area contributed by atoms with Crippen LogP contribution in [0.1, 0.15) is 59.7 Å². The average Bonchev–Trinajstić information content (AvgIpc) is 2.92. The predicted octanol–water partition coefficient (Wildman–Crippen LogP) is 6.36. The lowest BCUT2D eigenvalue weighted by Gasteiger charge is -2.20. The lowest BCUT2D eigenvalue weighted by Crippen LogP contribution is -2.42. The maximum absolute atomic E-state index is 13.4. The van der Waals surface area contributed by atoms with Gasteiger partial charge in [0.25, 0.3) is 5.91 Å². The number of carboxylic acid groups (broad SMARTS) is 1. The first-order chi connectivity index (χ1) is 19.5. The van der Waals surface area contributed by atoms with Crippen molar-refractivity contribution in [1.82, 2.24) is 5.32 Å². The number of carbonyl (C=O) groups excluding carboxylic acids is 1. The van der Waals surface area contributed by atoms with E-state index in [9.17, 15) is 23.1 Å². The molecule has 0 heterocycles. The summed E-state index contributed by atoms with van der Waals surface area (Å²) in [4.78, 5) is 25.1. The van der Waals surface area contributed by atoms with Crippen LogP contribution in [0.15, 0.2) is 71.2 Å². The van der Waals surface area contributed by atoms with Crippen molar-refractivity contribution in [3.05, 3.63) is 93.5 Å². The van der Waals surface area contributed by atoms with Gasteiger partial charge in [-0.1, -0.05) is 78.2 Å². The van der Waals surface area contributed by atoms with Gasteiger partial charge < -0.3 is 15.2 Å². The molecule has 0 aliphatic rings. The zero-order valence-corrected chi connectivity index (χ0v) is 26.1. The number of ether oxygens (including phenoxy) is 1. The standard InChI is InChI=1S/C32H38BrNO6S/c1-4-5-12-26(19-23-10-8-11-25(33)18-23)40-21-24-14-15-28(29(20-24)27-13-7-6-9-22(27)2)31(35)34-30(32(36)37)16-17-41(3,38)39/h6-11,13-15,18,20,26,30H,4-5,12,16-17,19,21H2,1-3H3,(H,34,35)(H,36,37)/t26-,30-/m0/s1. The molecule has 3 rings (SSSR count). The summed E-state index contributed by atoms with van der Waals surface area (Å²) in [6, 6.07) is 20.0. The third-order valence-electron chi connectivity index (χ3n) is 6.86. The van der Waals surface area contributed by atoms with Crippen molar-refractivity contribution in [1.29, 1.82) is 0 Å². The molecule has 0 radical (unpaired) electrons. The number of hydrogen-bond acceptors (Lipinski definition) is 5. The molecule has 0 spiro atoms. The number of rotatable bonds is 15. The van der Waals surface area contributed by atoms with Crippen LogP contribution in [0.25, 0.3) is 11.1 Å². The molecule has 0 saturated carbocycles.